The van der Waals surface area contributed by atoms with Crippen LogP contribution in [0.4, 0.5) is 0 Å². The first-order chi connectivity index (χ1) is 4.79. The van der Waals surface area contributed by atoms with Crippen LogP contribution in [-0.2, 0) is 11.3 Å². The minimum atomic E-state index is -2.00. The van der Waals surface area contributed by atoms with Gasteiger partial charge in [0.25, 0.3) is 0 Å². The lowest BCUT2D eigenvalue weighted by Crippen LogP contribution is -2.44. The third-order valence-electron chi connectivity index (χ3n) is 0.899. The molecule has 0 amide bonds. The van der Waals surface area contributed by atoms with E-state index in [1.165, 1.54) is 4.68 Å². The molecule has 0 radical (unpaired) electrons. The van der Waals surface area contributed by atoms with Crippen LogP contribution in [0.3, 0.4) is 0 Å². The van der Waals surface area contributed by atoms with Gasteiger partial charge in [-0.2, -0.15) is 0 Å². The first-order valence-corrected chi connectivity index (χ1v) is 3.73. The number of nitrogens with one attached hydrogen (secondary N) is 1. The molecule has 0 saturated carbocycles. The third kappa shape index (κ3) is 2.12. The summed E-state index contributed by atoms with van der Waals surface area (Å²) in [5.41, 5.74) is 0. The van der Waals surface area contributed by atoms with Gasteiger partial charge in [-0.25, -0.2) is 4.21 Å². The molecule has 2 N–H and O–H groups in total. The van der Waals surface area contributed by atoms with Crippen LogP contribution in [0.15, 0.2) is 30.6 Å². The normalized spacial score (nSPS) is 12.5. The van der Waals surface area contributed by atoms with Crippen LogP contribution in [0, 0.1) is 0 Å². The van der Waals surface area contributed by atoms with E-state index in [0.717, 1.165) is 0 Å². The fraction of sp³-hybridized carbons (Fsp3) is 0. The molecule has 0 bridgehead atoms. The van der Waals surface area contributed by atoms with E-state index in [4.69, 9.17) is 4.55 Å². The Labute approximate surface area is 60.9 Å². The molecule has 0 aliphatic heterocycles. The summed E-state index contributed by atoms with van der Waals surface area (Å²) in [6, 6.07) is 5.32. The van der Waals surface area contributed by atoms with Crippen molar-refractivity contribution in [3.05, 3.63) is 30.6 Å². The smallest absolute Gasteiger partial charge is 0.286 e. The van der Waals surface area contributed by atoms with Gasteiger partial charge in [0, 0.05) is 12.1 Å². The summed E-state index contributed by atoms with van der Waals surface area (Å²) in [4.78, 5) is 2.25. The second-order valence-corrected chi connectivity index (χ2v) is 2.30. The van der Waals surface area contributed by atoms with Gasteiger partial charge in [0.1, 0.15) is 0 Å². The first kappa shape index (κ1) is 7.17. The maximum atomic E-state index is 10.1. The van der Waals surface area contributed by atoms with Crippen molar-refractivity contribution in [2.75, 3.05) is 4.83 Å². The molecule has 1 unspecified atom stereocenters. The minimum Gasteiger partial charge on any atom is -0.286 e. The molecular formula is C5H7N2O2S+. The maximum absolute atomic E-state index is 10.1. The van der Waals surface area contributed by atoms with Gasteiger partial charge in [-0.15, -0.1) is 0 Å². The molecule has 54 valence electrons. The van der Waals surface area contributed by atoms with Crippen LogP contribution in [-0.4, -0.2) is 8.76 Å². The highest BCUT2D eigenvalue weighted by atomic mass is 32.2. The van der Waals surface area contributed by atoms with E-state index < -0.39 is 11.3 Å². The molecule has 0 spiro atoms. The summed E-state index contributed by atoms with van der Waals surface area (Å²) in [5, 5.41) is 0. The average molecular weight is 159 g/mol. The van der Waals surface area contributed by atoms with Crippen molar-refractivity contribution in [1.82, 2.24) is 0 Å². The molecule has 5 heteroatoms. The van der Waals surface area contributed by atoms with E-state index in [1.807, 2.05) is 6.07 Å². The first-order valence-electron chi connectivity index (χ1n) is 2.63. The van der Waals surface area contributed by atoms with E-state index in [-0.39, 0.29) is 0 Å². The molecule has 0 aromatic carbocycles. The predicted molar refractivity (Wildman–Crippen MR) is 36.8 cm³/mol. The highest BCUT2D eigenvalue weighted by Gasteiger charge is 1.97. The summed E-state index contributed by atoms with van der Waals surface area (Å²) in [7, 11) is 0. The predicted octanol–water partition coefficient (Wildman–Crippen LogP) is -0.346. The Hall–Kier alpha value is -0.940. The topological polar surface area (TPSA) is 53.2 Å². The van der Waals surface area contributed by atoms with Crippen molar-refractivity contribution in [3.8, 4) is 0 Å². The van der Waals surface area contributed by atoms with Gasteiger partial charge in [0.05, 0.1) is 0 Å². The van der Waals surface area contributed by atoms with E-state index in [0.29, 0.717) is 0 Å². The number of rotatable bonds is 2. The SMILES string of the molecule is O=S(O)N[n+]1ccccc1. The molecule has 4 nitrogen and oxygen atoms in total. The Morgan fingerprint density at radius 3 is 2.40 bits per heavy atom. The van der Waals surface area contributed by atoms with Gasteiger partial charge < -0.3 is 0 Å². The monoisotopic (exact) mass is 159 g/mol. The maximum Gasteiger partial charge on any atom is 0.309 e. The van der Waals surface area contributed by atoms with Crippen molar-refractivity contribution in [1.29, 1.82) is 0 Å². The second-order valence-electron chi connectivity index (χ2n) is 1.62. The zero-order valence-corrected chi connectivity index (χ0v) is 5.91. The van der Waals surface area contributed by atoms with Gasteiger partial charge in [-0.3, -0.25) is 4.55 Å². The van der Waals surface area contributed by atoms with Gasteiger partial charge in [0.15, 0.2) is 0 Å². The fourth-order valence-electron chi connectivity index (χ4n) is 0.550. The Morgan fingerprint density at radius 1 is 1.30 bits per heavy atom. The lowest BCUT2D eigenvalue weighted by atomic mass is 10.5. The van der Waals surface area contributed by atoms with Crippen LogP contribution in [0.5, 0.6) is 0 Å². The van der Waals surface area contributed by atoms with Gasteiger partial charge in [0.2, 0.25) is 12.4 Å². The second kappa shape index (κ2) is 3.28. The molecule has 0 fully saturated rings. The number of hydrogen-bond donors (Lipinski definition) is 2. The molecule has 1 heterocycles. The van der Waals surface area contributed by atoms with Crippen molar-refractivity contribution in [2.24, 2.45) is 0 Å². The molecule has 0 saturated heterocycles. The van der Waals surface area contributed by atoms with Crippen molar-refractivity contribution >= 4 is 11.3 Å². The Bertz CT molecular complexity index is 226. The molecule has 1 aromatic rings. The fourth-order valence-corrected chi connectivity index (χ4v) is 0.852. The molecular weight excluding hydrogens is 152 g/mol. The van der Waals surface area contributed by atoms with E-state index in [2.05, 4.69) is 4.83 Å². The summed E-state index contributed by atoms with van der Waals surface area (Å²) in [5.74, 6) is 0. The zero-order valence-electron chi connectivity index (χ0n) is 5.10. The number of nitrogens with zero attached hydrogens (tertiary/aromatic N) is 1. The molecule has 10 heavy (non-hydrogen) atoms. The Kier molecular flexibility index (Phi) is 2.35. The summed E-state index contributed by atoms with van der Waals surface area (Å²) in [6.45, 7) is 0. The van der Waals surface area contributed by atoms with Crippen molar-refractivity contribution in [3.63, 3.8) is 0 Å². The number of hydrogen-bond acceptors (Lipinski definition) is 1. The van der Waals surface area contributed by atoms with Crippen LogP contribution in [0.2, 0.25) is 0 Å². The lowest BCUT2D eigenvalue weighted by Gasteiger charge is -1.90. The highest BCUT2D eigenvalue weighted by molar-refractivity contribution is 7.79. The third-order valence-corrected chi connectivity index (χ3v) is 1.27. The largest absolute Gasteiger partial charge is 0.309 e. The van der Waals surface area contributed by atoms with Gasteiger partial charge in [-0.1, -0.05) is 15.6 Å². The quantitative estimate of drug-likeness (QED) is 0.458. The standard InChI is InChI=1S/C5H6N2O2S/c8-10(9)6-7-4-2-1-3-5-7/h1-6H/p+1. The molecule has 0 aliphatic carbocycles. The number of aromatic nitrogens is 1. The van der Waals surface area contributed by atoms with E-state index in [9.17, 15) is 4.21 Å². The Balaban J connectivity index is 2.67. The number of pyridine rings is 1. The van der Waals surface area contributed by atoms with Gasteiger partial charge in [-0.05, 0) is 0 Å². The van der Waals surface area contributed by atoms with Crippen LogP contribution >= 0.6 is 0 Å². The summed E-state index contributed by atoms with van der Waals surface area (Å²) in [6.07, 6.45) is 3.27. The van der Waals surface area contributed by atoms with Crippen LogP contribution < -0.4 is 9.51 Å². The summed E-state index contributed by atoms with van der Waals surface area (Å²) < 4.78 is 19.9. The molecule has 0 aliphatic rings. The molecule has 1 aromatic heterocycles. The Morgan fingerprint density at radius 2 is 1.90 bits per heavy atom. The van der Waals surface area contributed by atoms with Gasteiger partial charge >= 0.3 is 11.3 Å². The van der Waals surface area contributed by atoms with E-state index >= 15 is 0 Å². The minimum absolute atomic E-state index is 1.40. The average Bonchev–Trinajstić information content (AvgIpc) is 1.88. The molecule has 1 rings (SSSR count). The lowest BCUT2D eigenvalue weighted by molar-refractivity contribution is -0.636. The summed E-state index contributed by atoms with van der Waals surface area (Å²) >= 11 is -2.00. The van der Waals surface area contributed by atoms with Crippen molar-refractivity contribution < 1.29 is 13.4 Å². The molecule has 1 atom stereocenters. The van der Waals surface area contributed by atoms with E-state index in [1.54, 1.807) is 24.5 Å². The van der Waals surface area contributed by atoms with Crippen LogP contribution in [0.25, 0.3) is 0 Å². The highest BCUT2D eigenvalue weighted by Crippen LogP contribution is 1.74. The van der Waals surface area contributed by atoms with Crippen molar-refractivity contribution in [2.45, 2.75) is 0 Å². The van der Waals surface area contributed by atoms with Crippen LogP contribution in [0.1, 0.15) is 0 Å². The zero-order chi connectivity index (χ0) is 7.40.